The van der Waals surface area contributed by atoms with E-state index in [1.54, 1.807) is 11.3 Å². The Bertz CT molecular complexity index is 408. The van der Waals surface area contributed by atoms with Crippen molar-refractivity contribution in [2.75, 3.05) is 13.1 Å². The second-order valence-corrected chi connectivity index (χ2v) is 5.34. The Morgan fingerprint density at radius 2 is 2.30 bits per heavy atom. The zero-order valence-electron chi connectivity index (χ0n) is 11.8. The van der Waals surface area contributed by atoms with Gasteiger partial charge in [-0.2, -0.15) is 0 Å². The second kappa shape index (κ2) is 10.9. The maximum Gasteiger partial charge on any atom is 0.307 e. The lowest BCUT2D eigenvalue weighted by molar-refractivity contribution is -0.147. The van der Waals surface area contributed by atoms with Gasteiger partial charge < -0.3 is 15.8 Å². The molecule has 1 heterocycles. The van der Waals surface area contributed by atoms with Gasteiger partial charge in [0.15, 0.2) is 5.96 Å². The number of carbonyl (C=O) groups is 1. The van der Waals surface area contributed by atoms with Gasteiger partial charge in [-0.15, -0.1) is 35.3 Å². The molecule has 5 nitrogen and oxygen atoms in total. The van der Waals surface area contributed by atoms with E-state index in [0.717, 1.165) is 6.42 Å². The average Bonchev–Trinajstić information content (AvgIpc) is 2.81. The van der Waals surface area contributed by atoms with Crippen molar-refractivity contribution in [2.24, 2.45) is 10.7 Å². The normalized spacial score (nSPS) is 11.1. The number of nitrogens with two attached hydrogens (primary N) is 1. The van der Waals surface area contributed by atoms with Crippen molar-refractivity contribution in [3.63, 3.8) is 0 Å². The van der Waals surface area contributed by atoms with Crippen LogP contribution >= 0.6 is 35.3 Å². The Balaban J connectivity index is 0.00000361. The molecule has 0 bridgehead atoms. The monoisotopic (exact) mass is 411 g/mol. The van der Waals surface area contributed by atoms with Crippen LogP contribution in [0.15, 0.2) is 22.5 Å². The van der Waals surface area contributed by atoms with E-state index in [-0.39, 0.29) is 36.0 Å². The number of nitrogens with zero attached hydrogens (tertiary/aromatic N) is 1. The van der Waals surface area contributed by atoms with Crippen LogP contribution in [0.5, 0.6) is 0 Å². The molecule has 1 rings (SSSR count). The van der Waals surface area contributed by atoms with Gasteiger partial charge in [0.1, 0.15) is 0 Å². The number of ether oxygens (including phenoxy) is 1. The molecule has 0 amide bonds. The number of carbonyl (C=O) groups excluding carboxylic acids is 1. The first-order valence-corrected chi connectivity index (χ1v) is 7.21. The third-order valence-electron chi connectivity index (χ3n) is 2.22. The molecule has 0 unspecified atom stereocenters. The first-order valence-electron chi connectivity index (χ1n) is 6.33. The van der Waals surface area contributed by atoms with Gasteiger partial charge in [-0.05, 0) is 25.3 Å². The Kier molecular flexibility index (Phi) is 10.4. The number of aliphatic imine (C=N–C) groups is 1. The zero-order valence-corrected chi connectivity index (χ0v) is 14.9. The summed E-state index contributed by atoms with van der Waals surface area (Å²) in [6.07, 6.45) is 1.10. The minimum atomic E-state index is -0.228. The van der Waals surface area contributed by atoms with E-state index in [0.29, 0.717) is 25.5 Å². The molecule has 0 aromatic carbocycles. The smallest absolute Gasteiger partial charge is 0.307 e. The topological polar surface area (TPSA) is 76.7 Å². The second-order valence-electron chi connectivity index (χ2n) is 4.31. The Labute approximate surface area is 141 Å². The molecular weight excluding hydrogens is 389 g/mol. The van der Waals surface area contributed by atoms with E-state index in [1.165, 1.54) is 4.88 Å². The standard InChI is InChI=1S/C13H21N3O2S.HI/c1-10(2)18-12(17)6-8-16-13(14)15-7-5-11-4-3-9-19-11;/h3-4,9-10H,5-8H2,1-2H3,(H3,14,15,16);1H. The van der Waals surface area contributed by atoms with Gasteiger partial charge in [0.25, 0.3) is 0 Å². The molecule has 114 valence electrons. The molecule has 0 aliphatic rings. The Morgan fingerprint density at radius 1 is 1.55 bits per heavy atom. The fourth-order valence-electron chi connectivity index (χ4n) is 1.41. The summed E-state index contributed by atoms with van der Waals surface area (Å²) in [7, 11) is 0. The highest BCUT2D eigenvalue weighted by atomic mass is 127. The van der Waals surface area contributed by atoms with Crippen LogP contribution in [0.1, 0.15) is 25.1 Å². The average molecular weight is 411 g/mol. The number of thiophene rings is 1. The van der Waals surface area contributed by atoms with Crippen LogP contribution in [-0.4, -0.2) is 31.1 Å². The summed E-state index contributed by atoms with van der Waals surface area (Å²) >= 11 is 1.71. The molecule has 20 heavy (non-hydrogen) atoms. The molecule has 1 aromatic heterocycles. The van der Waals surface area contributed by atoms with Crippen molar-refractivity contribution in [3.05, 3.63) is 22.4 Å². The molecule has 0 aliphatic heterocycles. The van der Waals surface area contributed by atoms with Crippen LogP contribution < -0.4 is 11.1 Å². The molecule has 0 saturated heterocycles. The molecule has 0 saturated carbocycles. The maximum absolute atomic E-state index is 11.3. The Hall–Kier alpha value is -0.830. The van der Waals surface area contributed by atoms with Crippen LogP contribution in [0, 0.1) is 0 Å². The quantitative estimate of drug-likeness (QED) is 0.312. The minimum absolute atomic E-state index is 0. The molecule has 0 fully saturated rings. The lowest BCUT2D eigenvalue weighted by Gasteiger charge is -2.08. The zero-order chi connectivity index (χ0) is 14.1. The van der Waals surface area contributed by atoms with E-state index in [2.05, 4.69) is 16.4 Å². The predicted octanol–water partition coefficient (Wildman–Crippen LogP) is 2.15. The highest BCUT2D eigenvalue weighted by Crippen LogP contribution is 2.08. The number of rotatable bonds is 7. The van der Waals surface area contributed by atoms with E-state index in [1.807, 2.05) is 25.3 Å². The molecule has 0 spiro atoms. The number of hydrogen-bond donors (Lipinski definition) is 2. The molecule has 0 radical (unpaired) electrons. The first kappa shape index (κ1) is 19.2. The Morgan fingerprint density at radius 3 is 2.90 bits per heavy atom. The van der Waals surface area contributed by atoms with E-state index in [9.17, 15) is 4.79 Å². The minimum Gasteiger partial charge on any atom is -0.463 e. The van der Waals surface area contributed by atoms with E-state index in [4.69, 9.17) is 10.5 Å². The van der Waals surface area contributed by atoms with Crippen molar-refractivity contribution in [1.82, 2.24) is 5.32 Å². The van der Waals surface area contributed by atoms with Crippen LogP contribution in [0.3, 0.4) is 0 Å². The molecular formula is C13H22IN3O2S. The van der Waals surface area contributed by atoms with Gasteiger partial charge in [-0.3, -0.25) is 9.79 Å². The number of halogens is 1. The van der Waals surface area contributed by atoms with E-state index < -0.39 is 0 Å². The van der Waals surface area contributed by atoms with Crippen molar-refractivity contribution < 1.29 is 9.53 Å². The summed E-state index contributed by atoms with van der Waals surface area (Å²) in [5.41, 5.74) is 5.69. The van der Waals surface area contributed by atoms with Crippen LogP contribution in [0.2, 0.25) is 0 Å². The summed E-state index contributed by atoms with van der Waals surface area (Å²) in [5, 5.41) is 4.94. The molecule has 0 atom stereocenters. The molecule has 7 heteroatoms. The van der Waals surface area contributed by atoms with Crippen molar-refractivity contribution >= 4 is 47.2 Å². The number of esters is 1. The summed E-state index contributed by atoms with van der Waals surface area (Å²) in [6.45, 7) is 4.74. The van der Waals surface area contributed by atoms with E-state index >= 15 is 0 Å². The summed E-state index contributed by atoms with van der Waals surface area (Å²) in [5.74, 6) is 0.141. The van der Waals surface area contributed by atoms with Gasteiger partial charge in [0.05, 0.1) is 12.5 Å². The highest BCUT2D eigenvalue weighted by molar-refractivity contribution is 14.0. The summed E-state index contributed by atoms with van der Waals surface area (Å²) < 4.78 is 5.00. The molecule has 0 aliphatic carbocycles. The van der Waals surface area contributed by atoms with Gasteiger partial charge in [0.2, 0.25) is 0 Å². The fraction of sp³-hybridized carbons (Fsp3) is 0.538. The largest absolute Gasteiger partial charge is 0.463 e. The third-order valence-corrected chi connectivity index (χ3v) is 3.16. The van der Waals surface area contributed by atoms with Crippen LogP contribution in [0.25, 0.3) is 0 Å². The fourth-order valence-corrected chi connectivity index (χ4v) is 2.11. The number of guanidine groups is 1. The lowest BCUT2D eigenvalue weighted by atomic mass is 10.3. The highest BCUT2D eigenvalue weighted by Gasteiger charge is 2.04. The number of nitrogens with one attached hydrogen (secondary N) is 1. The maximum atomic E-state index is 11.3. The van der Waals surface area contributed by atoms with Gasteiger partial charge in [0, 0.05) is 24.4 Å². The lowest BCUT2D eigenvalue weighted by Crippen LogP contribution is -2.34. The van der Waals surface area contributed by atoms with Crippen molar-refractivity contribution in [2.45, 2.75) is 32.8 Å². The van der Waals surface area contributed by atoms with Crippen LogP contribution in [-0.2, 0) is 16.0 Å². The number of hydrogen-bond acceptors (Lipinski definition) is 4. The molecule has 1 aromatic rings. The van der Waals surface area contributed by atoms with Gasteiger partial charge >= 0.3 is 5.97 Å². The SMILES string of the molecule is CC(C)OC(=O)CCNC(N)=NCCc1cccs1.I. The predicted molar refractivity (Wildman–Crippen MR) is 93.8 cm³/mol. The van der Waals surface area contributed by atoms with Gasteiger partial charge in [-0.25, -0.2) is 0 Å². The third kappa shape index (κ3) is 9.13. The van der Waals surface area contributed by atoms with Gasteiger partial charge in [-0.1, -0.05) is 6.07 Å². The first-order chi connectivity index (χ1) is 9.08. The van der Waals surface area contributed by atoms with Crippen molar-refractivity contribution in [1.29, 1.82) is 0 Å². The summed E-state index contributed by atoms with van der Waals surface area (Å²) in [4.78, 5) is 16.7. The summed E-state index contributed by atoms with van der Waals surface area (Å²) in [6, 6.07) is 4.09. The van der Waals surface area contributed by atoms with Crippen molar-refractivity contribution in [3.8, 4) is 0 Å². The van der Waals surface area contributed by atoms with Crippen LogP contribution in [0.4, 0.5) is 0 Å². The molecule has 3 N–H and O–H groups in total.